The molecule has 1 aromatic carbocycles. The summed E-state index contributed by atoms with van der Waals surface area (Å²) in [5.74, 6) is 0.694. The van der Waals surface area contributed by atoms with Crippen molar-refractivity contribution in [3.8, 4) is 5.75 Å². The molecular formula is C13H16BrClN2O. The van der Waals surface area contributed by atoms with E-state index in [1.807, 2.05) is 26.2 Å². The smallest absolute Gasteiger partial charge is 0.138 e. The van der Waals surface area contributed by atoms with Gasteiger partial charge >= 0.3 is 0 Å². The van der Waals surface area contributed by atoms with Crippen molar-refractivity contribution in [2.24, 2.45) is 7.05 Å². The van der Waals surface area contributed by atoms with Crippen molar-refractivity contribution in [2.45, 2.75) is 13.0 Å². The van der Waals surface area contributed by atoms with E-state index in [0.29, 0.717) is 10.8 Å². The monoisotopic (exact) mass is 330 g/mol. The first-order valence-corrected chi connectivity index (χ1v) is 6.87. The van der Waals surface area contributed by atoms with Crippen molar-refractivity contribution >= 4 is 38.4 Å². The van der Waals surface area contributed by atoms with Crippen molar-refractivity contribution in [3.05, 3.63) is 27.3 Å². The van der Waals surface area contributed by atoms with Gasteiger partial charge in [-0.1, -0.05) is 11.6 Å². The molecule has 2 aromatic rings. The summed E-state index contributed by atoms with van der Waals surface area (Å²) >= 11 is 9.85. The van der Waals surface area contributed by atoms with Gasteiger partial charge in [-0.15, -0.1) is 0 Å². The predicted molar refractivity (Wildman–Crippen MR) is 79.7 cm³/mol. The van der Waals surface area contributed by atoms with Gasteiger partial charge in [0, 0.05) is 28.6 Å². The highest BCUT2D eigenvalue weighted by Crippen LogP contribution is 2.38. The molecule has 2 rings (SSSR count). The molecule has 0 radical (unpaired) electrons. The molecule has 1 N–H and O–H groups in total. The van der Waals surface area contributed by atoms with Crippen LogP contribution >= 0.6 is 27.5 Å². The summed E-state index contributed by atoms with van der Waals surface area (Å²) in [7, 11) is 5.61. The van der Waals surface area contributed by atoms with E-state index in [1.165, 1.54) is 5.69 Å². The second-order valence-corrected chi connectivity index (χ2v) is 5.47. The number of halogens is 2. The number of hydrogen-bond acceptors (Lipinski definition) is 2. The molecule has 1 aromatic heterocycles. The van der Waals surface area contributed by atoms with Crippen LogP contribution in [0.5, 0.6) is 5.75 Å². The van der Waals surface area contributed by atoms with Crippen molar-refractivity contribution in [1.29, 1.82) is 0 Å². The zero-order valence-electron chi connectivity index (χ0n) is 10.8. The van der Waals surface area contributed by atoms with Crippen LogP contribution in [-0.4, -0.2) is 18.7 Å². The highest BCUT2D eigenvalue weighted by Gasteiger charge is 2.19. The van der Waals surface area contributed by atoms with Crippen LogP contribution in [0.1, 0.15) is 18.7 Å². The molecule has 0 aliphatic carbocycles. The van der Waals surface area contributed by atoms with Gasteiger partial charge in [-0.05, 0) is 42.0 Å². The highest BCUT2D eigenvalue weighted by atomic mass is 79.9. The molecule has 0 saturated carbocycles. The fourth-order valence-corrected chi connectivity index (χ4v) is 3.35. The number of hydrogen-bond donors (Lipinski definition) is 1. The van der Waals surface area contributed by atoms with Crippen molar-refractivity contribution in [3.63, 3.8) is 0 Å². The number of nitrogens with zero attached hydrogens (tertiary/aromatic N) is 1. The number of aromatic nitrogens is 1. The number of aryl methyl sites for hydroxylation is 1. The first-order chi connectivity index (χ1) is 8.51. The third-order valence-electron chi connectivity index (χ3n) is 3.30. The molecule has 1 heterocycles. The van der Waals surface area contributed by atoms with Gasteiger partial charge in [-0.25, -0.2) is 0 Å². The molecule has 0 bridgehead atoms. The van der Waals surface area contributed by atoms with Crippen LogP contribution in [0.15, 0.2) is 16.6 Å². The number of methoxy groups -OCH3 is 1. The number of benzene rings is 1. The minimum atomic E-state index is 0.251. The van der Waals surface area contributed by atoms with Gasteiger partial charge in [0.05, 0.1) is 17.6 Å². The lowest BCUT2D eigenvalue weighted by atomic mass is 10.2. The number of fused-ring (bicyclic) bond motifs is 1. The Morgan fingerprint density at radius 3 is 2.67 bits per heavy atom. The zero-order valence-corrected chi connectivity index (χ0v) is 13.2. The van der Waals surface area contributed by atoms with Crippen molar-refractivity contribution < 1.29 is 4.74 Å². The molecular weight excluding hydrogens is 316 g/mol. The molecule has 3 nitrogen and oxygen atoms in total. The number of rotatable bonds is 3. The molecule has 5 heteroatoms. The van der Waals surface area contributed by atoms with Gasteiger partial charge in [0.1, 0.15) is 5.75 Å². The standard InChI is InChI=1S/C13H16BrClN2O/c1-7(16-2)13-12(14)8-5-11(18-4)9(15)6-10(8)17(13)3/h5-7,16H,1-4H3. The first-order valence-electron chi connectivity index (χ1n) is 5.69. The topological polar surface area (TPSA) is 26.2 Å². The predicted octanol–water partition coefficient (Wildman–Crippen LogP) is 3.88. The highest BCUT2D eigenvalue weighted by molar-refractivity contribution is 9.10. The molecule has 1 atom stereocenters. The maximum Gasteiger partial charge on any atom is 0.138 e. The van der Waals surface area contributed by atoms with Crippen LogP contribution in [0.3, 0.4) is 0 Å². The molecule has 98 valence electrons. The number of nitrogens with one attached hydrogen (secondary N) is 1. The Labute approximate surface area is 120 Å². The Morgan fingerprint density at radius 1 is 1.44 bits per heavy atom. The van der Waals surface area contributed by atoms with Crippen LogP contribution in [0.2, 0.25) is 5.02 Å². The third kappa shape index (κ3) is 2.02. The molecule has 18 heavy (non-hydrogen) atoms. The van der Waals surface area contributed by atoms with Gasteiger partial charge in [-0.3, -0.25) is 0 Å². The molecule has 0 amide bonds. The van der Waals surface area contributed by atoms with Crippen molar-refractivity contribution in [1.82, 2.24) is 9.88 Å². The Bertz CT molecular complexity index is 594. The third-order valence-corrected chi connectivity index (χ3v) is 4.43. The molecule has 0 fully saturated rings. The van der Waals surface area contributed by atoms with Crippen molar-refractivity contribution in [2.75, 3.05) is 14.2 Å². The van der Waals surface area contributed by atoms with Crippen LogP contribution in [-0.2, 0) is 7.05 Å². The van der Waals surface area contributed by atoms with Gasteiger partial charge < -0.3 is 14.6 Å². The van der Waals surface area contributed by atoms with Gasteiger partial charge in [-0.2, -0.15) is 0 Å². The van der Waals surface area contributed by atoms with Crippen LogP contribution < -0.4 is 10.1 Å². The molecule has 0 aliphatic heterocycles. The maximum atomic E-state index is 6.18. The molecule has 0 spiro atoms. The van der Waals surface area contributed by atoms with E-state index in [-0.39, 0.29) is 6.04 Å². The lowest BCUT2D eigenvalue weighted by molar-refractivity contribution is 0.415. The van der Waals surface area contributed by atoms with E-state index in [2.05, 4.69) is 32.7 Å². The average molecular weight is 332 g/mol. The Morgan fingerprint density at radius 2 is 2.11 bits per heavy atom. The van der Waals surface area contributed by atoms with E-state index in [0.717, 1.165) is 15.4 Å². The fourth-order valence-electron chi connectivity index (χ4n) is 2.18. The Balaban J connectivity index is 2.77. The quantitative estimate of drug-likeness (QED) is 0.923. The Kier molecular flexibility index (Phi) is 3.90. The SMILES string of the molecule is CNC(C)c1c(Br)c2cc(OC)c(Cl)cc2n1C. The van der Waals surface area contributed by atoms with E-state index in [4.69, 9.17) is 16.3 Å². The van der Waals surface area contributed by atoms with E-state index in [1.54, 1.807) is 7.11 Å². The second kappa shape index (κ2) is 5.11. The fraction of sp³-hybridized carbons (Fsp3) is 0.385. The number of ether oxygens (including phenoxy) is 1. The van der Waals surface area contributed by atoms with E-state index in [9.17, 15) is 0 Å². The van der Waals surface area contributed by atoms with Gasteiger partial charge in [0.15, 0.2) is 0 Å². The molecule has 1 unspecified atom stereocenters. The van der Waals surface area contributed by atoms with Crippen LogP contribution in [0.25, 0.3) is 10.9 Å². The van der Waals surface area contributed by atoms with Crippen LogP contribution in [0.4, 0.5) is 0 Å². The summed E-state index contributed by atoms with van der Waals surface area (Å²) in [6.45, 7) is 2.12. The largest absolute Gasteiger partial charge is 0.495 e. The normalized spacial score (nSPS) is 13.0. The summed E-state index contributed by atoms with van der Waals surface area (Å²) in [4.78, 5) is 0. The zero-order chi connectivity index (χ0) is 13.4. The molecule has 0 aliphatic rings. The first kappa shape index (κ1) is 13.7. The lowest BCUT2D eigenvalue weighted by Gasteiger charge is -2.12. The van der Waals surface area contributed by atoms with E-state index < -0.39 is 0 Å². The Hall–Kier alpha value is -0.710. The summed E-state index contributed by atoms with van der Waals surface area (Å²) in [6.07, 6.45) is 0. The molecule has 0 saturated heterocycles. The average Bonchev–Trinajstić information content (AvgIpc) is 2.60. The minimum absolute atomic E-state index is 0.251. The van der Waals surface area contributed by atoms with Gasteiger partial charge in [0.2, 0.25) is 0 Å². The van der Waals surface area contributed by atoms with E-state index >= 15 is 0 Å². The van der Waals surface area contributed by atoms with Gasteiger partial charge in [0.25, 0.3) is 0 Å². The van der Waals surface area contributed by atoms with Crippen LogP contribution in [0, 0.1) is 0 Å². The second-order valence-electron chi connectivity index (χ2n) is 4.27. The lowest BCUT2D eigenvalue weighted by Crippen LogP contribution is -2.15. The minimum Gasteiger partial charge on any atom is -0.495 e. The summed E-state index contributed by atoms with van der Waals surface area (Å²) in [5.41, 5.74) is 2.28. The summed E-state index contributed by atoms with van der Waals surface area (Å²) in [6, 6.07) is 4.15. The summed E-state index contributed by atoms with van der Waals surface area (Å²) < 4.78 is 8.49. The maximum absolute atomic E-state index is 6.18. The summed E-state index contributed by atoms with van der Waals surface area (Å²) in [5, 5.41) is 4.99.